The van der Waals surface area contributed by atoms with Crippen LogP contribution in [0.25, 0.3) is 46.4 Å². The van der Waals surface area contributed by atoms with Crippen LogP contribution in [0.3, 0.4) is 0 Å². The van der Waals surface area contributed by atoms with Crippen LogP contribution in [0, 0.1) is 0 Å². The molecule has 0 aliphatic carbocycles. The van der Waals surface area contributed by atoms with Crippen LogP contribution in [0.2, 0.25) is 0 Å². The number of fused-ring (bicyclic) bond motifs is 6. The fraction of sp³-hybridized carbons (Fsp3) is 0. The molecule has 0 saturated heterocycles. The van der Waals surface area contributed by atoms with Gasteiger partial charge in [-0.25, -0.2) is 9.55 Å². The quantitative estimate of drug-likeness (QED) is 0.387. The SMILES string of the molecule is c1cnc2sc3c[n+](-c4ccc5c(n4)sc4ccncc45)ccc3c2c1. The van der Waals surface area contributed by atoms with Gasteiger partial charge in [-0.1, -0.05) is 11.3 Å². The van der Waals surface area contributed by atoms with Gasteiger partial charge in [0.25, 0.3) is 0 Å². The summed E-state index contributed by atoms with van der Waals surface area (Å²) in [5, 5.41) is 4.78. The fourth-order valence-electron chi connectivity index (χ4n) is 3.34. The predicted molar refractivity (Wildman–Crippen MR) is 107 cm³/mol. The fourth-order valence-corrected chi connectivity index (χ4v) is 5.44. The third kappa shape index (κ3) is 2.00. The summed E-state index contributed by atoms with van der Waals surface area (Å²) in [6.45, 7) is 0. The van der Waals surface area contributed by atoms with Gasteiger partial charge in [-0.05, 0) is 35.3 Å². The molecule has 0 radical (unpaired) electrons. The Morgan fingerprint density at radius 1 is 0.769 bits per heavy atom. The maximum absolute atomic E-state index is 4.89. The molecule has 26 heavy (non-hydrogen) atoms. The Morgan fingerprint density at radius 2 is 1.69 bits per heavy atom. The Morgan fingerprint density at radius 3 is 2.69 bits per heavy atom. The van der Waals surface area contributed by atoms with Crippen molar-refractivity contribution in [2.45, 2.75) is 0 Å². The lowest BCUT2D eigenvalue weighted by molar-refractivity contribution is -0.597. The minimum Gasteiger partial charge on any atom is -0.264 e. The Kier molecular flexibility index (Phi) is 2.88. The van der Waals surface area contributed by atoms with E-state index in [0.717, 1.165) is 20.9 Å². The van der Waals surface area contributed by atoms with E-state index in [1.807, 2.05) is 30.7 Å². The van der Waals surface area contributed by atoms with E-state index in [-0.39, 0.29) is 0 Å². The van der Waals surface area contributed by atoms with Gasteiger partial charge >= 0.3 is 5.82 Å². The highest BCUT2D eigenvalue weighted by Crippen LogP contribution is 2.33. The molecule has 4 nitrogen and oxygen atoms in total. The molecule has 0 spiro atoms. The predicted octanol–water partition coefficient (Wildman–Crippen LogP) is 4.88. The third-order valence-electron chi connectivity index (χ3n) is 4.58. The molecule has 0 aromatic carbocycles. The summed E-state index contributed by atoms with van der Waals surface area (Å²) < 4.78 is 4.51. The van der Waals surface area contributed by atoms with Crippen LogP contribution in [0.1, 0.15) is 0 Å². The topological polar surface area (TPSA) is 42.5 Å². The van der Waals surface area contributed by atoms with E-state index in [1.54, 1.807) is 22.7 Å². The average molecular weight is 371 g/mol. The Labute approximate surface area is 156 Å². The van der Waals surface area contributed by atoms with Crippen LogP contribution in [-0.2, 0) is 0 Å². The van der Waals surface area contributed by atoms with Crippen LogP contribution in [-0.4, -0.2) is 15.0 Å². The van der Waals surface area contributed by atoms with Gasteiger partial charge in [0.2, 0.25) is 4.83 Å². The van der Waals surface area contributed by atoms with E-state index < -0.39 is 0 Å². The first kappa shape index (κ1) is 14.2. The van der Waals surface area contributed by atoms with Crippen molar-refractivity contribution in [3.05, 3.63) is 67.4 Å². The molecular weight excluding hydrogens is 360 g/mol. The monoisotopic (exact) mass is 371 g/mol. The van der Waals surface area contributed by atoms with Crippen molar-refractivity contribution in [3.8, 4) is 5.82 Å². The van der Waals surface area contributed by atoms with Crippen molar-refractivity contribution in [3.63, 3.8) is 0 Å². The minimum atomic E-state index is 0.921. The lowest BCUT2D eigenvalue weighted by atomic mass is 10.2. The number of hydrogen-bond donors (Lipinski definition) is 0. The van der Waals surface area contributed by atoms with E-state index in [4.69, 9.17) is 4.98 Å². The molecular formula is C20H11N4S2+. The second kappa shape index (κ2) is 5.27. The number of thiophene rings is 2. The lowest BCUT2D eigenvalue weighted by Gasteiger charge is -1.96. The molecule has 0 aliphatic rings. The summed E-state index contributed by atoms with van der Waals surface area (Å²) in [5.74, 6) is 0.921. The van der Waals surface area contributed by atoms with Crippen LogP contribution in [0.4, 0.5) is 0 Å². The van der Waals surface area contributed by atoms with Gasteiger partial charge in [0.1, 0.15) is 11.0 Å². The molecule has 0 bridgehead atoms. The van der Waals surface area contributed by atoms with Crippen molar-refractivity contribution in [2.75, 3.05) is 0 Å². The molecule has 6 aromatic heterocycles. The molecule has 6 aromatic rings. The number of pyridine rings is 4. The van der Waals surface area contributed by atoms with Crippen molar-refractivity contribution in [2.24, 2.45) is 0 Å². The summed E-state index contributed by atoms with van der Waals surface area (Å²) in [7, 11) is 0. The largest absolute Gasteiger partial charge is 0.329 e. The molecule has 0 fully saturated rings. The van der Waals surface area contributed by atoms with Gasteiger partial charge < -0.3 is 0 Å². The van der Waals surface area contributed by atoms with Crippen molar-refractivity contribution in [1.82, 2.24) is 15.0 Å². The molecule has 0 amide bonds. The van der Waals surface area contributed by atoms with Gasteiger partial charge in [-0.3, -0.25) is 4.98 Å². The van der Waals surface area contributed by atoms with Gasteiger partial charge in [0, 0.05) is 50.9 Å². The summed E-state index contributed by atoms with van der Waals surface area (Å²) in [4.78, 5) is 15.7. The van der Waals surface area contributed by atoms with Crippen LogP contribution >= 0.6 is 22.7 Å². The number of aromatic nitrogens is 4. The molecule has 6 rings (SSSR count). The zero-order valence-corrected chi connectivity index (χ0v) is 15.1. The standard InChI is InChI=1S/C20H11N4S2/c1-2-13-12-6-9-24(11-17(12)26-19(13)22-7-1)18-4-3-14-15-10-21-8-5-16(15)25-20(14)23-18/h1-11H/q+1. The van der Waals surface area contributed by atoms with Crippen molar-refractivity contribution in [1.29, 1.82) is 0 Å². The van der Waals surface area contributed by atoms with E-state index in [0.29, 0.717) is 0 Å². The third-order valence-corrected chi connectivity index (χ3v) is 6.72. The zero-order valence-electron chi connectivity index (χ0n) is 13.5. The Hall–Kier alpha value is -2.96. The first-order valence-electron chi connectivity index (χ1n) is 8.19. The second-order valence-corrected chi connectivity index (χ2v) is 8.15. The first-order valence-corrected chi connectivity index (χ1v) is 9.82. The second-order valence-electron chi connectivity index (χ2n) is 6.08. The van der Waals surface area contributed by atoms with Gasteiger partial charge in [-0.2, -0.15) is 0 Å². The smallest absolute Gasteiger partial charge is 0.264 e. The number of rotatable bonds is 1. The summed E-state index contributed by atoms with van der Waals surface area (Å²) >= 11 is 3.42. The van der Waals surface area contributed by atoms with Crippen molar-refractivity contribution >= 4 is 63.3 Å². The van der Waals surface area contributed by atoms with E-state index >= 15 is 0 Å². The van der Waals surface area contributed by atoms with Gasteiger partial charge in [-0.15, -0.1) is 11.3 Å². The van der Waals surface area contributed by atoms with Gasteiger partial charge in [0.15, 0.2) is 0 Å². The van der Waals surface area contributed by atoms with E-state index in [1.165, 1.54) is 25.6 Å². The normalized spacial score (nSPS) is 11.8. The lowest BCUT2D eigenvalue weighted by Crippen LogP contribution is -2.30. The minimum absolute atomic E-state index is 0.921. The molecule has 0 N–H and O–H groups in total. The Bertz CT molecular complexity index is 1340. The highest BCUT2D eigenvalue weighted by Gasteiger charge is 2.16. The highest BCUT2D eigenvalue weighted by atomic mass is 32.1. The molecule has 0 aliphatic heterocycles. The van der Waals surface area contributed by atoms with Crippen molar-refractivity contribution < 1.29 is 4.57 Å². The first-order chi connectivity index (χ1) is 12.9. The van der Waals surface area contributed by atoms with Crippen LogP contribution in [0.5, 0.6) is 0 Å². The van der Waals surface area contributed by atoms with E-state index in [2.05, 4.69) is 51.2 Å². The average Bonchev–Trinajstić information content (AvgIpc) is 3.24. The van der Waals surface area contributed by atoms with Gasteiger partial charge in [0.05, 0.1) is 10.9 Å². The zero-order chi connectivity index (χ0) is 17.1. The molecule has 0 saturated carbocycles. The summed E-state index contributed by atoms with van der Waals surface area (Å²) in [6, 6.07) is 12.5. The number of nitrogens with zero attached hydrogens (tertiary/aromatic N) is 4. The molecule has 6 heterocycles. The Balaban J connectivity index is 1.57. The van der Waals surface area contributed by atoms with E-state index in [9.17, 15) is 0 Å². The maximum Gasteiger partial charge on any atom is 0.329 e. The molecule has 6 heteroatoms. The molecule has 0 unspecified atom stereocenters. The molecule has 122 valence electrons. The van der Waals surface area contributed by atoms with Crippen LogP contribution in [0.15, 0.2) is 67.4 Å². The van der Waals surface area contributed by atoms with Crippen LogP contribution < -0.4 is 4.57 Å². The number of hydrogen-bond acceptors (Lipinski definition) is 5. The summed E-state index contributed by atoms with van der Waals surface area (Å²) in [5.41, 5.74) is 0. The summed E-state index contributed by atoms with van der Waals surface area (Å²) in [6.07, 6.45) is 9.81. The maximum atomic E-state index is 4.89. The highest BCUT2D eigenvalue weighted by molar-refractivity contribution is 7.25. The molecule has 0 atom stereocenters.